The number of nitrogens with one attached hydrogen (secondary N) is 1. The second-order valence-corrected chi connectivity index (χ2v) is 5.25. The predicted molar refractivity (Wildman–Crippen MR) is 73.4 cm³/mol. The maximum Gasteiger partial charge on any atom is 0.119 e. The Hall–Kier alpha value is -0.580. The highest BCUT2D eigenvalue weighted by Crippen LogP contribution is 2.15. The number of hydrogen-bond acceptors (Lipinski definition) is 3. The lowest BCUT2D eigenvalue weighted by Gasteiger charge is -2.21. The molecule has 0 aromatic heterocycles. The van der Waals surface area contributed by atoms with Crippen LogP contribution in [0.5, 0.6) is 5.75 Å². The van der Waals surface area contributed by atoms with Gasteiger partial charge >= 0.3 is 0 Å². The molecule has 96 valence electrons. The number of hydrogen-bond donors (Lipinski definition) is 2. The minimum atomic E-state index is -0.627. The normalized spacial score (nSPS) is 14.4. The third kappa shape index (κ3) is 6.05. The van der Waals surface area contributed by atoms with E-state index < -0.39 is 5.60 Å². The van der Waals surface area contributed by atoms with Gasteiger partial charge in [-0.05, 0) is 37.6 Å². The molecule has 1 aromatic carbocycles. The van der Waals surface area contributed by atoms with Gasteiger partial charge in [-0.1, -0.05) is 22.9 Å². The van der Waals surface area contributed by atoms with Crippen LogP contribution < -0.4 is 10.1 Å². The summed E-state index contributed by atoms with van der Waals surface area (Å²) in [6.07, 6.45) is 0.744. The Bertz CT molecular complexity index is 325. The average molecular weight is 302 g/mol. The summed E-state index contributed by atoms with van der Waals surface area (Å²) in [5.74, 6) is 0.859. The van der Waals surface area contributed by atoms with E-state index in [1.165, 1.54) is 0 Å². The lowest BCUT2D eigenvalue weighted by molar-refractivity contribution is 0.0552. The molecule has 0 aliphatic carbocycles. The molecule has 3 nitrogen and oxygen atoms in total. The van der Waals surface area contributed by atoms with Crippen LogP contribution in [0.2, 0.25) is 0 Å². The van der Waals surface area contributed by atoms with Crippen LogP contribution in [0.3, 0.4) is 0 Å². The fraction of sp³-hybridized carbons (Fsp3) is 0.538. The van der Waals surface area contributed by atoms with Gasteiger partial charge in [0, 0.05) is 17.6 Å². The minimum Gasteiger partial charge on any atom is -0.492 e. The number of benzene rings is 1. The quantitative estimate of drug-likeness (QED) is 0.761. The van der Waals surface area contributed by atoms with Gasteiger partial charge in [0.05, 0.1) is 5.60 Å². The molecule has 1 rings (SSSR count). The first-order valence-electron chi connectivity index (χ1n) is 5.85. The SMILES string of the molecule is CCC(C)(O)CNCCOc1ccc(Br)cc1. The summed E-state index contributed by atoms with van der Waals surface area (Å²) in [4.78, 5) is 0. The fourth-order valence-corrected chi connectivity index (χ4v) is 1.52. The van der Waals surface area contributed by atoms with Gasteiger partial charge in [0.25, 0.3) is 0 Å². The van der Waals surface area contributed by atoms with Gasteiger partial charge in [0.1, 0.15) is 12.4 Å². The van der Waals surface area contributed by atoms with Gasteiger partial charge in [-0.2, -0.15) is 0 Å². The monoisotopic (exact) mass is 301 g/mol. The Morgan fingerprint density at radius 2 is 2.00 bits per heavy atom. The summed E-state index contributed by atoms with van der Waals surface area (Å²) in [5.41, 5.74) is -0.627. The molecule has 0 saturated carbocycles. The van der Waals surface area contributed by atoms with Gasteiger partial charge in [-0.15, -0.1) is 0 Å². The molecule has 1 atom stereocenters. The summed E-state index contributed by atoms with van der Waals surface area (Å²) >= 11 is 3.37. The molecule has 0 amide bonds. The van der Waals surface area contributed by atoms with Crippen molar-refractivity contribution in [2.45, 2.75) is 25.9 Å². The third-order valence-electron chi connectivity index (χ3n) is 2.63. The minimum absolute atomic E-state index is 0.590. The number of halogens is 1. The number of ether oxygens (including phenoxy) is 1. The van der Waals surface area contributed by atoms with Crippen molar-refractivity contribution in [1.29, 1.82) is 0 Å². The van der Waals surface area contributed by atoms with E-state index >= 15 is 0 Å². The van der Waals surface area contributed by atoms with Crippen molar-refractivity contribution < 1.29 is 9.84 Å². The molecule has 2 N–H and O–H groups in total. The van der Waals surface area contributed by atoms with Crippen molar-refractivity contribution in [1.82, 2.24) is 5.32 Å². The summed E-state index contributed by atoms with van der Waals surface area (Å²) in [7, 11) is 0. The number of aliphatic hydroxyl groups is 1. The maximum absolute atomic E-state index is 9.76. The molecule has 4 heteroatoms. The van der Waals surface area contributed by atoms with Crippen LogP contribution in [0.1, 0.15) is 20.3 Å². The van der Waals surface area contributed by atoms with Crippen LogP contribution in [-0.2, 0) is 0 Å². The standard InChI is InChI=1S/C13H20BrNO2/c1-3-13(2,16)10-15-8-9-17-12-6-4-11(14)5-7-12/h4-7,15-16H,3,8-10H2,1-2H3. The third-order valence-corrected chi connectivity index (χ3v) is 3.16. The maximum atomic E-state index is 9.76. The molecule has 0 saturated heterocycles. The molecule has 1 unspecified atom stereocenters. The van der Waals surface area contributed by atoms with E-state index in [-0.39, 0.29) is 0 Å². The molecule has 0 heterocycles. The molecule has 0 spiro atoms. The van der Waals surface area contributed by atoms with Gasteiger partial charge in [-0.3, -0.25) is 0 Å². The summed E-state index contributed by atoms with van der Waals surface area (Å²) < 4.78 is 6.59. The Labute approximate surface area is 111 Å². The van der Waals surface area contributed by atoms with Crippen LogP contribution in [-0.4, -0.2) is 30.4 Å². The van der Waals surface area contributed by atoms with Crippen LogP contribution in [0.25, 0.3) is 0 Å². The summed E-state index contributed by atoms with van der Waals surface area (Å²) in [6, 6.07) is 7.74. The molecular formula is C13H20BrNO2. The largest absolute Gasteiger partial charge is 0.492 e. The fourth-order valence-electron chi connectivity index (χ4n) is 1.25. The highest BCUT2D eigenvalue weighted by molar-refractivity contribution is 9.10. The van der Waals surface area contributed by atoms with Gasteiger partial charge in [0.2, 0.25) is 0 Å². The van der Waals surface area contributed by atoms with E-state index in [1.807, 2.05) is 38.1 Å². The first-order chi connectivity index (χ1) is 8.03. The highest BCUT2D eigenvalue weighted by atomic mass is 79.9. The molecule has 0 aliphatic rings. The molecule has 0 fully saturated rings. The van der Waals surface area contributed by atoms with Crippen molar-refractivity contribution in [3.63, 3.8) is 0 Å². The van der Waals surface area contributed by atoms with E-state index in [0.717, 1.165) is 23.2 Å². The molecular weight excluding hydrogens is 282 g/mol. The zero-order chi connectivity index (χ0) is 12.7. The van der Waals surface area contributed by atoms with Crippen molar-refractivity contribution in [3.8, 4) is 5.75 Å². The Kier molecular flexibility index (Phi) is 5.95. The summed E-state index contributed by atoms with van der Waals surface area (Å²) in [5, 5.41) is 12.9. The van der Waals surface area contributed by atoms with Crippen LogP contribution >= 0.6 is 15.9 Å². The molecule has 17 heavy (non-hydrogen) atoms. The molecule has 1 aromatic rings. The Morgan fingerprint density at radius 1 is 1.35 bits per heavy atom. The van der Waals surface area contributed by atoms with E-state index in [2.05, 4.69) is 21.2 Å². The van der Waals surface area contributed by atoms with E-state index in [1.54, 1.807) is 0 Å². The molecule has 0 bridgehead atoms. The second kappa shape index (κ2) is 6.99. The highest BCUT2D eigenvalue weighted by Gasteiger charge is 2.15. The average Bonchev–Trinajstić information content (AvgIpc) is 2.31. The van der Waals surface area contributed by atoms with E-state index in [9.17, 15) is 5.11 Å². The Balaban J connectivity index is 2.14. The van der Waals surface area contributed by atoms with Crippen molar-refractivity contribution >= 4 is 15.9 Å². The van der Waals surface area contributed by atoms with Gasteiger partial charge < -0.3 is 15.2 Å². The zero-order valence-corrected chi connectivity index (χ0v) is 12.0. The van der Waals surface area contributed by atoms with Gasteiger partial charge in [0.15, 0.2) is 0 Å². The molecule has 0 aliphatic heterocycles. The summed E-state index contributed by atoms with van der Waals surface area (Å²) in [6.45, 7) is 5.72. The number of rotatable bonds is 7. The van der Waals surface area contributed by atoms with Crippen LogP contribution in [0.15, 0.2) is 28.7 Å². The zero-order valence-electron chi connectivity index (χ0n) is 10.4. The van der Waals surface area contributed by atoms with Crippen molar-refractivity contribution in [2.24, 2.45) is 0 Å². The second-order valence-electron chi connectivity index (χ2n) is 4.33. The van der Waals surface area contributed by atoms with E-state index in [4.69, 9.17) is 4.74 Å². The van der Waals surface area contributed by atoms with Gasteiger partial charge in [-0.25, -0.2) is 0 Å². The first kappa shape index (κ1) is 14.5. The Morgan fingerprint density at radius 3 is 2.59 bits per heavy atom. The lowest BCUT2D eigenvalue weighted by atomic mass is 10.0. The van der Waals surface area contributed by atoms with Crippen LogP contribution in [0.4, 0.5) is 0 Å². The smallest absolute Gasteiger partial charge is 0.119 e. The predicted octanol–water partition coefficient (Wildman–Crippen LogP) is 2.58. The van der Waals surface area contributed by atoms with E-state index in [0.29, 0.717) is 13.2 Å². The van der Waals surface area contributed by atoms with Crippen molar-refractivity contribution in [2.75, 3.05) is 19.7 Å². The van der Waals surface area contributed by atoms with Crippen molar-refractivity contribution in [3.05, 3.63) is 28.7 Å². The lowest BCUT2D eigenvalue weighted by Crippen LogP contribution is -2.38. The van der Waals surface area contributed by atoms with Crippen LogP contribution in [0, 0.1) is 0 Å². The topological polar surface area (TPSA) is 41.5 Å². The molecule has 0 radical (unpaired) electrons. The first-order valence-corrected chi connectivity index (χ1v) is 6.64.